The summed E-state index contributed by atoms with van der Waals surface area (Å²) in [6, 6.07) is 20.3. The Bertz CT molecular complexity index is 1630. The summed E-state index contributed by atoms with van der Waals surface area (Å²) < 4.78 is 7.48. The second kappa shape index (κ2) is 13.6. The summed E-state index contributed by atoms with van der Waals surface area (Å²) in [5, 5.41) is 9.98. The van der Waals surface area contributed by atoms with E-state index in [-0.39, 0.29) is 17.0 Å². The van der Waals surface area contributed by atoms with Crippen LogP contribution in [0.2, 0.25) is 0 Å². The van der Waals surface area contributed by atoms with Gasteiger partial charge in [-0.15, -0.1) is 0 Å². The first-order valence-electron chi connectivity index (χ1n) is 14.7. The number of thiocarbonyl (C=S) groups is 1. The molecule has 0 saturated carbocycles. The molecule has 0 spiro atoms. The molecule has 2 aliphatic heterocycles. The van der Waals surface area contributed by atoms with Gasteiger partial charge in [0, 0.05) is 25.2 Å². The number of carbonyl (C=O) groups excluding carboxylic acids is 1. The van der Waals surface area contributed by atoms with Crippen LogP contribution in [0, 0.1) is 24.2 Å². The molecule has 3 aromatic rings. The molecule has 2 fully saturated rings. The molecule has 222 valence electrons. The SMILES string of the molecule is CCCn1c(N2CCC(Cc3ccccc3)CC2)c(/C=C2/SC(=S)N(Cc3ccc(OC)cc3)C2=O)c(C)c(C#N)c1=O. The number of piperidine rings is 1. The normalized spacial score (nSPS) is 16.7. The highest BCUT2D eigenvalue weighted by molar-refractivity contribution is 8.26. The van der Waals surface area contributed by atoms with Crippen LogP contribution in [0.3, 0.4) is 0 Å². The predicted molar refractivity (Wildman–Crippen MR) is 177 cm³/mol. The lowest BCUT2D eigenvalue weighted by Crippen LogP contribution is -2.40. The van der Waals surface area contributed by atoms with E-state index in [1.54, 1.807) is 16.6 Å². The predicted octanol–water partition coefficient (Wildman–Crippen LogP) is 6.31. The third-order valence-electron chi connectivity index (χ3n) is 8.22. The van der Waals surface area contributed by atoms with Gasteiger partial charge in [-0.1, -0.05) is 73.4 Å². The zero-order valence-electron chi connectivity index (χ0n) is 24.8. The van der Waals surface area contributed by atoms with Crippen molar-refractivity contribution in [3.8, 4) is 11.8 Å². The number of thioether (sulfide) groups is 1. The summed E-state index contributed by atoms with van der Waals surface area (Å²) in [4.78, 5) is 31.6. The van der Waals surface area contributed by atoms with Crippen molar-refractivity contribution < 1.29 is 9.53 Å². The summed E-state index contributed by atoms with van der Waals surface area (Å²) in [5.74, 6) is 1.92. The fourth-order valence-corrected chi connectivity index (χ4v) is 7.13. The molecular weight excluding hydrogens is 577 g/mol. The average molecular weight is 613 g/mol. The van der Waals surface area contributed by atoms with Crippen molar-refractivity contribution in [2.45, 2.75) is 52.6 Å². The largest absolute Gasteiger partial charge is 0.497 e. The Morgan fingerprint density at radius 1 is 1.07 bits per heavy atom. The molecule has 0 radical (unpaired) electrons. The summed E-state index contributed by atoms with van der Waals surface area (Å²) in [6.45, 7) is 6.28. The zero-order valence-corrected chi connectivity index (χ0v) is 26.5. The number of rotatable bonds is 9. The lowest BCUT2D eigenvalue weighted by molar-refractivity contribution is -0.122. The first-order chi connectivity index (χ1) is 20.8. The summed E-state index contributed by atoms with van der Waals surface area (Å²) in [6.07, 6.45) is 5.62. The Labute approximate surface area is 262 Å². The number of carbonyl (C=O) groups is 1. The fourth-order valence-electron chi connectivity index (χ4n) is 5.89. The van der Waals surface area contributed by atoms with E-state index >= 15 is 0 Å². The summed E-state index contributed by atoms with van der Waals surface area (Å²) in [7, 11) is 1.62. The Morgan fingerprint density at radius 2 is 1.77 bits per heavy atom. The third kappa shape index (κ3) is 6.56. The van der Waals surface area contributed by atoms with Crippen LogP contribution in [-0.4, -0.2) is 39.9 Å². The summed E-state index contributed by atoms with van der Waals surface area (Å²) >= 11 is 6.90. The van der Waals surface area contributed by atoms with Crippen molar-refractivity contribution in [2.75, 3.05) is 25.1 Å². The van der Waals surface area contributed by atoms with E-state index in [1.807, 2.05) is 50.3 Å². The molecule has 5 rings (SSSR count). The quantitative estimate of drug-likeness (QED) is 0.207. The van der Waals surface area contributed by atoms with Gasteiger partial charge in [0.2, 0.25) is 0 Å². The number of pyridine rings is 1. The standard InChI is InChI=1S/C34H36N4O3S2/c1-4-16-37-31(36-17-14-25(15-18-36)19-24-8-6-5-7-9-24)28(23(2)29(21-35)32(37)39)20-30-33(40)38(34(42)43-30)22-26-10-12-27(41-3)13-11-26/h5-13,20,25H,4,14-19,22H2,1-3H3/b30-20+. The zero-order chi connectivity index (χ0) is 30.5. The van der Waals surface area contributed by atoms with Crippen LogP contribution in [0.4, 0.5) is 5.82 Å². The lowest BCUT2D eigenvalue weighted by Gasteiger charge is -2.36. The molecule has 0 unspecified atom stereocenters. The Kier molecular flexibility index (Phi) is 9.69. The number of hydrogen-bond acceptors (Lipinski definition) is 7. The minimum absolute atomic E-state index is 0.121. The van der Waals surface area contributed by atoms with E-state index in [9.17, 15) is 14.9 Å². The van der Waals surface area contributed by atoms with Crippen molar-refractivity contribution in [1.82, 2.24) is 9.47 Å². The Hall–Kier alpha value is -3.87. The lowest BCUT2D eigenvalue weighted by atomic mass is 9.90. The van der Waals surface area contributed by atoms with E-state index in [4.69, 9.17) is 17.0 Å². The van der Waals surface area contributed by atoms with Gasteiger partial charge in [-0.25, -0.2) is 0 Å². The number of nitriles is 1. The maximum atomic E-state index is 13.7. The maximum Gasteiger partial charge on any atom is 0.270 e. The van der Waals surface area contributed by atoms with Crippen molar-refractivity contribution in [3.05, 3.63) is 97.7 Å². The van der Waals surface area contributed by atoms with Gasteiger partial charge in [0.15, 0.2) is 0 Å². The Morgan fingerprint density at radius 3 is 2.40 bits per heavy atom. The third-order valence-corrected chi connectivity index (χ3v) is 9.60. The monoisotopic (exact) mass is 612 g/mol. The number of hydrogen-bond donors (Lipinski definition) is 0. The molecule has 3 heterocycles. The number of methoxy groups -OCH3 is 1. The van der Waals surface area contributed by atoms with Crippen LogP contribution in [0.25, 0.3) is 6.08 Å². The molecule has 0 atom stereocenters. The molecule has 43 heavy (non-hydrogen) atoms. The Balaban J connectivity index is 1.48. The fraction of sp³-hybridized carbons (Fsp3) is 0.353. The molecule has 0 N–H and O–H groups in total. The van der Waals surface area contributed by atoms with Gasteiger partial charge in [-0.2, -0.15) is 5.26 Å². The average Bonchev–Trinajstić information content (AvgIpc) is 3.28. The number of ether oxygens (including phenoxy) is 1. The first kappa shape index (κ1) is 30.6. The number of aromatic nitrogens is 1. The molecular formula is C34H36N4O3S2. The smallest absolute Gasteiger partial charge is 0.270 e. The number of benzene rings is 2. The van der Waals surface area contributed by atoms with Gasteiger partial charge >= 0.3 is 0 Å². The van der Waals surface area contributed by atoms with Crippen molar-refractivity contribution >= 4 is 46.1 Å². The molecule has 0 bridgehead atoms. The minimum Gasteiger partial charge on any atom is -0.497 e. The molecule has 1 amide bonds. The molecule has 1 aromatic heterocycles. The van der Waals surface area contributed by atoms with E-state index in [0.717, 1.165) is 61.5 Å². The first-order valence-corrected chi connectivity index (χ1v) is 15.9. The molecule has 0 aliphatic carbocycles. The minimum atomic E-state index is -0.271. The topological polar surface area (TPSA) is 78.6 Å². The number of anilines is 1. The maximum absolute atomic E-state index is 13.7. The summed E-state index contributed by atoms with van der Waals surface area (Å²) in [5.41, 5.74) is 3.48. The number of nitrogens with zero attached hydrogens (tertiary/aromatic N) is 4. The van der Waals surface area contributed by atoms with Gasteiger partial charge in [0.05, 0.1) is 18.6 Å². The van der Waals surface area contributed by atoms with Crippen LogP contribution < -0.4 is 15.2 Å². The highest BCUT2D eigenvalue weighted by Gasteiger charge is 2.34. The van der Waals surface area contributed by atoms with Crippen LogP contribution in [0.1, 0.15) is 54.0 Å². The van der Waals surface area contributed by atoms with E-state index in [0.29, 0.717) is 33.8 Å². The highest BCUT2D eigenvalue weighted by Crippen LogP contribution is 2.37. The van der Waals surface area contributed by atoms with Crippen LogP contribution in [0.15, 0.2) is 64.3 Å². The number of amides is 1. The molecule has 7 nitrogen and oxygen atoms in total. The van der Waals surface area contributed by atoms with Crippen molar-refractivity contribution in [2.24, 2.45) is 5.92 Å². The van der Waals surface area contributed by atoms with Crippen molar-refractivity contribution in [1.29, 1.82) is 5.26 Å². The molecule has 2 aromatic carbocycles. The second-order valence-corrected chi connectivity index (χ2v) is 12.7. The second-order valence-electron chi connectivity index (χ2n) is 11.0. The molecule has 9 heteroatoms. The van der Waals surface area contributed by atoms with E-state index < -0.39 is 0 Å². The van der Waals surface area contributed by atoms with E-state index in [2.05, 4.69) is 35.2 Å². The van der Waals surface area contributed by atoms with Gasteiger partial charge in [-0.05, 0) is 73.4 Å². The molecule has 2 saturated heterocycles. The van der Waals surface area contributed by atoms with Gasteiger partial charge < -0.3 is 9.64 Å². The van der Waals surface area contributed by atoms with Gasteiger partial charge in [0.25, 0.3) is 11.5 Å². The highest BCUT2D eigenvalue weighted by atomic mass is 32.2. The van der Waals surface area contributed by atoms with Gasteiger partial charge in [-0.3, -0.25) is 19.1 Å². The molecule has 2 aliphatic rings. The van der Waals surface area contributed by atoms with Gasteiger partial charge in [0.1, 0.15) is 27.5 Å². The van der Waals surface area contributed by atoms with Crippen molar-refractivity contribution in [3.63, 3.8) is 0 Å². The van der Waals surface area contributed by atoms with Crippen LogP contribution >= 0.6 is 24.0 Å². The van der Waals surface area contributed by atoms with Crippen LogP contribution in [0.5, 0.6) is 5.75 Å². The van der Waals surface area contributed by atoms with E-state index in [1.165, 1.54) is 17.3 Å². The van der Waals surface area contributed by atoms with Crippen LogP contribution in [-0.2, 0) is 24.3 Å².